The second-order valence-corrected chi connectivity index (χ2v) is 5.32. The predicted octanol–water partition coefficient (Wildman–Crippen LogP) is 3.76. The third-order valence-corrected chi connectivity index (χ3v) is 3.60. The van der Waals surface area contributed by atoms with Crippen molar-refractivity contribution in [2.45, 2.75) is 39.3 Å². The molecule has 0 aliphatic heterocycles. The molecular weight excluding hydrogens is 260 g/mol. The molecule has 0 saturated carbocycles. The van der Waals surface area contributed by atoms with Gasteiger partial charge < -0.3 is 5.11 Å². The second kappa shape index (κ2) is 5.76. The minimum Gasteiger partial charge on any atom is -0.382 e. The maximum atomic E-state index is 10.5. The third kappa shape index (κ3) is 2.82. The van der Waals surface area contributed by atoms with Crippen molar-refractivity contribution in [3.63, 3.8) is 0 Å². The molecule has 0 fully saturated rings. The quantitative estimate of drug-likeness (QED) is 0.925. The molecule has 1 unspecified atom stereocenters. The summed E-state index contributed by atoms with van der Waals surface area (Å²) in [6.45, 7) is 6.95. The Hall–Kier alpha value is -1.32. The Morgan fingerprint density at radius 1 is 1.21 bits per heavy atom. The van der Waals surface area contributed by atoms with Crippen LogP contribution in [0, 0.1) is 0 Å². The molecule has 0 spiro atoms. The highest BCUT2D eigenvalue weighted by Gasteiger charge is 2.19. The zero-order valence-corrected chi connectivity index (χ0v) is 12.2. The van der Waals surface area contributed by atoms with Gasteiger partial charge in [-0.3, -0.25) is 4.68 Å². The van der Waals surface area contributed by atoms with Crippen LogP contribution in [0.25, 0.3) is 0 Å². The number of nitrogens with zero attached hydrogens (tertiary/aromatic N) is 2. The zero-order valence-electron chi connectivity index (χ0n) is 11.5. The fourth-order valence-corrected chi connectivity index (χ4v) is 2.36. The molecule has 1 atom stereocenters. The van der Waals surface area contributed by atoms with Crippen molar-refractivity contribution < 1.29 is 5.11 Å². The summed E-state index contributed by atoms with van der Waals surface area (Å²) in [5.41, 5.74) is 2.74. The Balaban J connectivity index is 2.33. The van der Waals surface area contributed by atoms with Gasteiger partial charge in [-0.2, -0.15) is 5.10 Å². The van der Waals surface area contributed by atoms with Crippen LogP contribution in [0.2, 0.25) is 5.02 Å². The molecule has 102 valence electrons. The normalized spacial score (nSPS) is 12.9. The second-order valence-electron chi connectivity index (χ2n) is 4.92. The largest absolute Gasteiger partial charge is 0.382 e. The summed E-state index contributed by atoms with van der Waals surface area (Å²) < 4.78 is 1.73. The molecule has 19 heavy (non-hydrogen) atoms. The number of benzene rings is 1. The fourth-order valence-electron chi connectivity index (χ4n) is 2.12. The van der Waals surface area contributed by atoms with E-state index in [2.05, 4.69) is 18.9 Å². The van der Waals surface area contributed by atoms with Crippen LogP contribution >= 0.6 is 11.6 Å². The number of hydrogen-bond acceptors (Lipinski definition) is 2. The number of hydrogen-bond donors (Lipinski definition) is 1. The standard InChI is InChI=1S/C15H19ClN2O/c1-4-18-14(13(16)9-17-18)15(19)12-7-5-11(6-8-12)10(2)3/h5-10,15,19H,4H2,1-3H3. The Morgan fingerprint density at radius 2 is 1.79 bits per heavy atom. The number of aromatic nitrogens is 2. The van der Waals surface area contributed by atoms with E-state index in [-0.39, 0.29) is 0 Å². The molecule has 2 aromatic rings. The first-order chi connectivity index (χ1) is 9.04. The first-order valence-electron chi connectivity index (χ1n) is 6.53. The average Bonchev–Trinajstić information content (AvgIpc) is 2.79. The van der Waals surface area contributed by atoms with Crippen LogP contribution in [0.1, 0.15) is 49.6 Å². The van der Waals surface area contributed by atoms with Crippen LogP contribution in [-0.4, -0.2) is 14.9 Å². The van der Waals surface area contributed by atoms with Gasteiger partial charge in [0.05, 0.1) is 16.9 Å². The number of aliphatic hydroxyl groups excluding tert-OH is 1. The van der Waals surface area contributed by atoms with E-state index in [4.69, 9.17) is 11.6 Å². The molecule has 3 nitrogen and oxygen atoms in total. The highest BCUT2D eigenvalue weighted by atomic mass is 35.5. The van der Waals surface area contributed by atoms with E-state index in [0.717, 1.165) is 5.56 Å². The molecule has 0 bridgehead atoms. The van der Waals surface area contributed by atoms with E-state index in [0.29, 0.717) is 23.2 Å². The lowest BCUT2D eigenvalue weighted by Crippen LogP contribution is -2.09. The smallest absolute Gasteiger partial charge is 0.122 e. The number of aryl methyl sites for hydroxylation is 1. The van der Waals surface area contributed by atoms with E-state index in [9.17, 15) is 5.11 Å². The molecule has 1 aromatic heterocycles. The topological polar surface area (TPSA) is 38.0 Å². The van der Waals surface area contributed by atoms with Crippen molar-refractivity contribution in [2.24, 2.45) is 0 Å². The molecule has 2 rings (SSSR count). The van der Waals surface area contributed by atoms with E-state index < -0.39 is 6.10 Å². The lowest BCUT2D eigenvalue weighted by atomic mass is 9.99. The molecule has 1 heterocycles. The highest BCUT2D eigenvalue weighted by molar-refractivity contribution is 6.31. The molecule has 0 aliphatic carbocycles. The van der Waals surface area contributed by atoms with Crippen LogP contribution in [0.15, 0.2) is 30.5 Å². The van der Waals surface area contributed by atoms with E-state index in [1.807, 2.05) is 31.2 Å². The van der Waals surface area contributed by atoms with Gasteiger partial charge in [-0.05, 0) is 24.0 Å². The number of halogens is 1. The van der Waals surface area contributed by atoms with Crippen LogP contribution in [0.5, 0.6) is 0 Å². The minimum atomic E-state index is -0.740. The predicted molar refractivity (Wildman–Crippen MR) is 77.5 cm³/mol. The van der Waals surface area contributed by atoms with Gasteiger partial charge >= 0.3 is 0 Å². The molecule has 0 amide bonds. The molecule has 0 aliphatic rings. The van der Waals surface area contributed by atoms with Crippen molar-refractivity contribution in [1.29, 1.82) is 0 Å². The number of aliphatic hydroxyl groups is 1. The Morgan fingerprint density at radius 3 is 2.32 bits per heavy atom. The summed E-state index contributed by atoms with van der Waals surface area (Å²) in [6, 6.07) is 7.99. The molecule has 1 aromatic carbocycles. The maximum Gasteiger partial charge on any atom is 0.122 e. The summed E-state index contributed by atoms with van der Waals surface area (Å²) in [5.74, 6) is 0.482. The monoisotopic (exact) mass is 278 g/mol. The van der Waals surface area contributed by atoms with Crippen molar-refractivity contribution in [2.75, 3.05) is 0 Å². The van der Waals surface area contributed by atoms with Gasteiger partial charge in [0.15, 0.2) is 0 Å². The fraction of sp³-hybridized carbons (Fsp3) is 0.400. The first kappa shape index (κ1) is 14.1. The first-order valence-corrected chi connectivity index (χ1v) is 6.91. The Bertz CT molecular complexity index is 546. The van der Waals surface area contributed by atoms with Crippen molar-refractivity contribution in [3.8, 4) is 0 Å². The number of rotatable bonds is 4. The molecule has 4 heteroatoms. The lowest BCUT2D eigenvalue weighted by Gasteiger charge is -2.14. The van der Waals surface area contributed by atoms with Crippen LogP contribution in [0.3, 0.4) is 0 Å². The van der Waals surface area contributed by atoms with E-state index >= 15 is 0 Å². The van der Waals surface area contributed by atoms with Crippen LogP contribution in [0.4, 0.5) is 0 Å². The summed E-state index contributed by atoms with van der Waals surface area (Å²) in [4.78, 5) is 0. The Kier molecular flexibility index (Phi) is 4.27. The van der Waals surface area contributed by atoms with Gasteiger partial charge in [0.2, 0.25) is 0 Å². The van der Waals surface area contributed by atoms with Gasteiger partial charge in [0.1, 0.15) is 6.10 Å². The van der Waals surface area contributed by atoms with E-state index in [1.54, 1.807) is 10.9 Å². The summed E-state index contributed by atoms with van der Waals surface area (Å²) in [6.07, 6.45) is 0.836. The van der Waals surface area contributed by atoms with Gasteiger partial charge in [-0.1, -0.05) is 49.7 Å². The van der Waals surface area contributed by atoms with Gasteiger partial charge in [-0.25, -0.2) is 0 Å². The zero-order chi connectivity index (χ0) is 14.0. The average molecular weight is 279 g/mol. The summed E-state index contributed by atoms with van der Waals surface area (Å²) >= 11 is 6.11. The SMILES string of the molecule is CCn1ncc(Cl)c1C(O)c1ccc(C(C)C)cc1. The maximum absolute atomic E-state index is 10.5. The van der Waals surface area contributed by atoms with Gasteiger partial charge in [0, 0.05) is 6.54 Å². The minimum absolute atomic E-state index is 0.482. The van der Waals surface area contributed by atoms with Crippen molar-refractivity contribution in [3.05, 3.63) is 52.3 Å². The van der Waals surface area contributed by atoms with Crippen LogP contribution < -0.4 is 0 Å². The van der Waals surface area contributed by atoms with Gasteiger partial charge in [0.25, 0.3) is 0 Å². The molecular formula is C15H19ClN2O. The lowest BCUT2D eigenvalue weighted by molar-refractivity contribution is 0.208. The summed E-state index contributed by atoms with van der Waals surface area (Å²) in [5, 5.41) is 15.1. The summed E-state index contributed by atoms with van der Waals surface area (Å²) in [7, 11) is 0. The molecule has 0 radical (unpaired) electrons. The van der Waals surface area contributed by atoms with Gasteiger partial charge in [-0.15, -0.1) is 0 Å². The third-order valence-electron chi connectivity index (χ3n) is 3.31. The van der Waals surface area contributed by atoms with Crippen molar-refractivity contribution >= 4 is 11.6 Å². The molecule has 1 N–H and O–H groups in total. The van der Waals surface area contributed by atoms with Crippen molar-refractivity contribution in [1.82, 2.24) is 9.78 Å². The van der Waals surface area contributed by atoms with E-state index in [1.165, 1.54) is 5.56 Å². The highest BCUT2D eigenvalue weighted by Crippen LogP contribution is 2.29. The Labute approximate surface area is 118 Å². The molecule has 0 saturated heterocycles. The van der Waals surface area contributed by atoms with Crippen LogP contribution in [-0.2, 0) is 6.54 Å².